The second-order valence-corrected chi connectivity index (χ2v) is 3.07. The standard InChI is InChI=1S/C9H9ClF2O3/c1-14-7-3-6(10)2-5(4-13)8(7)15-9(11)12/h2-3,9,13H,4H2,1H3. The van der Waals surface area contributed by atoms with Gasteiger partial charge in [0.05, 0.1) is 13.7 Å². The maximum absolute atomic E-state index is 12.1. The summed E-state index contributed by atoms with van der Waals surface area (Å²) in [5, 5.41) is 9.21. The Balaban J connectivity index is 3.18. The molecule has 3 nitrogen and oxygen atoms in total. The molecule has 1 aromatic rings. The van der Waals surface area contributed by atoms with Gasteiger partial charge in [-0.25, -0.2) is 0 Å². The molecular weight excluding hydrogens is 230 g/mol. The molecule has 0 saturated heterocycles. The van der Waals surface area contributed by atoms with Crippen molar-refractivity contribution in [1.29, 1.82) is 0 Å². The molecule has 6 heteroatoms. The monoisotopic (exact) mass is 238 g/mol. The Kier molecular flexibility index (Phi) is 4.11. The van der Waals surface area contributed by atoms with Crippen LogP contribution >= 0.6 is 11.6 Å². The van der Waals surface area contributed by atoms with Crippen LogP contribution < -0.4 is 9.47 Å². The summed E-state index contributed by atoms with van der Waals surface area (Å²) in [5.41, 5.74) is 0.152. The maximum Gasteiger partial charge on any atom is 0.387 e. The van der Waals surface area contributed by atoms with E-state index >= 15 is 0 Å². The molecule has 0 aromatic heterocycles. The number of ether oxygens (including phenoxy) is 2. The molecule has 0 aliphatic carbocycles. The molecule has 1 N–H and O–H groups in total. The van der Waals surface area contributed by atoms with Crippen molar-refractivity contribution >= 4 is 11.6 Å². The third kappa shape index (κ3) is 2.94. The number of hydrogen-bond donors (Lipinski definition) is 1. The molecule has 1 rings (SSSR count). The van der Waals surface area contributed by atoms with Crippen LogP contribution in [0, 0.1) is 0 Å². The first-order valence-corrected chi connectivity index (χ1v) is 4.38. The van der Waals surface area contributed by atoms with Crippen molar-refractivity contribution in [1.82, 2.24) is 0 Å². The molecular formula is C9H9ClF2O3. The van der Waals surface area contributed by atoms with Crippen LogP contribution in [0.4, 0.5) is 8.78 Å². The van der Waals surface area contributed by atoms with E-state index in [9.17, 15) is 8.78 Å². The highest BCUT2D eigenvalue weighted by Gasteiger charge is 2.16. The number of rotatable bonds is 4. The first kappa shape index (κ1) is 12.0. The van der Waals surface area contributed by atoms with Crippen LogP contribution in [0.25, 0.3) is 0 Å². The Hall–Kier alpha value is -1.07. The lowest BCUT2D eigenvalue weighted by Crippen LogP contribution is -2.06. The summed E-state index contributed by atoms with van der Waals surface area (Å²) in [4.78, 5) is 0. The molecule has 84 valence electrons. The third-order valence-electron chi connectivity index (χ3n) is 1.69. The van der Waals surface area contributed by atoms with E-state index in [4.69, 9.17) is 21.4 Å². The van der Waals surface area contributed by atoms with Crippen LogP contribution in [-0.2, 0) is 6.61 Å². The number of halogens is 3. The minimum absolute atomic E-state index is 0.0619. The number of benzene rings is 1. The molecule has 0 atom stereocenters. The zero-order valence-electron chi connectivity index (χ0n) is 7.84. The smallest absolute Gasteiger partial charge is 0.387 e. The second-order valence-electron chi connectivity index (χ2n) is 2.63. The normalized spacial score (nSPS) is 10.5. The largest absolute Gasteiger partial charge is 0.493 e. The maximum atomic E-state index is 12.1. The summed E-state index contributed by atoms with van der Waals surface area (Å²) in [6, 6.07) is 2.67. The Morgan fingerprint density at radius 1 is 1.47 bits per heavy atom. The molecule has 0 aliphatic rings. The summed E-state index contributed by atoms with van der Waals surface area (Å²) >= 11 is 5.68. The van der Waals surface area contributed by atoms with E-state index in [1.165, 1.54) is 19.2 Å². The fourth-order valence-electron chi connectivity index (χ4n) is 1.11. The Bertz CT molecular complexity index is 319. The van der Waals surface area contributed by atoms with Gasteiger partial charge in [0.25, 0.3) is 0 Å². The van der Waals surface area contributed by atoms with E-state index in [0.717, 1.165) is 0 Å². The fourth-order valence-corrected chi connectivity index (χ4v) is 1.35. The highest BCUT2D eigenvalue weighted by Crippen LogP contribution is 2.35. The highest BCUT2D eigenvalue weighted by atomic mass is 35.5. The van der Waals surface area contributed by atoms with Gasteiger partial charge >= 0.3 is 6.61 Å². The second kappa shape index (κ2) is 5.14. The van der Waals surface area contributed by atoms with Crippen LogP contribution in [0.2, 0.25) is 5.02 Å². The molecule has 0 radical (unpaired) electrons. The van der Waals surface area contributed by atoms with Gasteiger partial charge in [-0.3, -0.25) is 0 Å². The number of methoxy groups -OCH3 is 1. The quantitative estimate of drug-likeness (QED) is 0.876. The lowest BCUT2D eigenvalue weighted by atomic mass is 10.2. The average Bonchev–Trinajstić information content (AvgIpc) is 2.19. The highest BCUT2D eigenvalue weighted by molar-refractivity contribution is 6.30. The third-order valence-corrected chi connectivity index (χ3v) is 1.91. The lowest BCUT2D eigenvalue weighted by molar-refractivity contribution is -0.0523. The summed E-state index contributed by atoms with van der Waals surface area (Å²) in [5.74, 6) is -0.133. The average molecular weight is 239 g/mol. The predicted octanol–water partition coefficient (Wildman–Crippen LogP) is 2.44. The molecule has 0 saturated carbocycles. The first-order valence-electron chi connectivity index (χ1n) is 4.00. The summed E-state index contributed by atoms with van der Waals surface area (Å²) in [6.07, 6.45) is 0. The van der Waals surface area contributed by atoms with Crippen LogP contribution in [0.15, 0.2) is 12.1 Å². The van der Waals surface area contributed by atoms with E-state index in [-0.39, 0.29) is 22.1 Å². The van der Waals surface area contributed by atoms with Gasteiger partial charge in [-0.05, 0) is 6.07 Å². The molecule has 0 heterocycles. The van der Waals surface area contributed by atoms with Gasteiger partial charge in [0.2, 0.25) is 0 Å². The number of alkyl halides is 2. The van der Waals surface area contributed by atoms with Gasteiger partial charge in [0.1, 0.15) is 0 Å². The van der Waals surface area contributed by atoms with Gasteiger partial charge < -0.3 is 14.6 Å². The topological polar surface area (TPSA) is 38.7 Å². The van der Waals surface area contributed by atoms with E-state index < -0.39 is 13.2 Å². The van der Waals surface area contributed by atoms with E-state index in [1.807, 2.05) is 0 Å². The zero-order valence-corrected chi connectivity index (χ0v) is 8.59. The minimum Gasteiger partial charge on any atom is -0.493 e. The first-order chi connectivity index (χ1) is 7.08. The molecule has 0 spiro atoms. The summed E-state index contributed by atoms with van der Waals surface area (Å²) in [6.45, 7) is -3.44. The molecule has 0 bridgehead atoms. The summed E-state index contributed by atoms with van der Waals surface area (Å²) in [7, 11) is 1.30. The van der Waals surface area contributed by atoms with Gasteiger partial charge in [-0.1, -0.05) is 11.6 Å². The molecule has 0 amide bonds. The minimum atomic E-state index is -2.98. The molecule has 0 aliphatic heterocycles. The Morgan fingerprint density at radius 2 is 2.13 bits per heavy atom. The van der Waals surface area contributed by atoms with Crippen LogP contribution in [0.1, 0.15) is 5.56 Å². The van der Waals surface area contributed by atoms with Gasteiger partial charge in [0, 0.05) is 16.7 Å². The van der Waals surface area contributed by atoms with Crippen molar-refractivity contribution in [3.8, 4) is 11.5 Å². The van der Waals surface area contributed by atoms with Crippen molar-refractivity contribution in [3.63, 3.8) is 0 Å². The van der Waals surface area contributed by atoms with E-state index in [2.05, 4.69) is 4.74 Å². The van der Waals surface area contributed by atoms with Crippen molar-refractivity contribution in [2.24, 2.45) is 0 Å². The predicted molar refractivity (Wildman–Crippen MR) is 50.6 cm³/mol. The van der Waals surface area contributed by atoms with Crippen molar-refractivity contribution in [2.75, 3.05) is 7.11 Å². The van der Waals surface area contributed by atoms with Crippen molar-refractivity contribution in [3.05, 3.63) is 22.7 Å². The Morgan fingerprint density at radius 3 is 2.60 bits per heavy atom. The molecule has 0 fully saturated rings. The van der Waals surface area contributed by atoms with E-state index in [0.29, 0.717) is 0 Å². The van der Waals surface area contributed by atoms with Gasteiger partial charge in [0.15, 0.2) is 11.5 Å². The molecule has 15 heavy (non-hydrogen) atoms. The van der Waals surface area contributed by atoms with Crippen LogP contribution in [0.5, 0.6) is 11.5 Å². The fraction of sp³-hybridized carbons (Fsp3) is 0.333. The zero-order chi connectivity index (χ0) is 11.4. The van der Waals surface area contributed by atoms with Gasteiger partial charge in [-0.15, -0.1) is 0 Å². The van der Waals surface area contributed by atoms with Gasteiger partial charge in [-0.2, -0.15) is 8.78 Å². The SMILES string of the molecule is COc1cc(Cl)cc(CO)c1OC(F)F. The lowest BCUT2D eigenvalue weighted by Gasteiger charge is -2.13. The number of aliphatic hydroxyl groups excluding tert-OH is 1. The number of aliphatic hydroxyl groups is 1. The molecule has 0 unspecified atom stereocenters. The van der Waals surface area contributed by atoms with E-state index in [1.54, 1.807) is 0 Å². The summed E-state index contributed by atoms with van der Waals surface area (Å²) < 4.78 is 33.2. The van der Waals surface area contributed by atoms with Crippen LogP contribution in [0.3, 0.4) is 0 Å². The van der Waals surface area contributed by atoms with Crippen molar-refractivity contribution < 1.29 is 23.4 Å². The molecule has 1 aromatic carbocycles. The number of hydrogen-bond acceptors (Lipinski definition) is 3. The van der Waals surface area contributed by atoms with Crippen molar-refractivity contribution in [2.45, 2.75) is 13.2 Å². The van der Waals surface area contributed by atoms with Crippen LogP contribution in [-0.4, -0.2) is 18.8 Å². The Labute approximate surface area is 90.2 Å².